The van der Waals surface area contributed by atoms with Crippen molar-refractivity contribution in [3.05, 3.63) is 41.2 Å². The van der Waals surface area contributed by atoms with Crippen molar-refractivity contribution in [2.45, 2.75) is 57.5 Å². The topological polar surface area (TPSA) is 54.4 Å². The summed E-state index contributed by atoms with van der Waals surface area (Å²) in [5, 5.41) is 8.61. The van der Waals surface area contributed by atoms with Gasteiger partial charge in [-0.15, -0.1) is 0 Å². The number of ketones is 1. The highest BCUT2D eigenvalue weighted by molar-refractivity contribution is 5.84. The van der Waals surface area contributed by atoms with Crippen molar-refractivity contribution in [3.8, 4) is 0 Å². The normalized spacial score (nSPS) is 20.2. The Morgan fingerprint density at radius 3 is 2.57 bits per heavy atom. The molecule has 0 spiro atoms. The number of carboxylic acid groups (broad SMARTS) is 1. The molecule has 0 radical (unpaired) electrons. The summed E-state index contributed by atoms with van der Waals surface area (Å²) in [4.78, 5) is 22.6. The van der Waals surface area contributed by atoms with Crippen molar-refractivity contribution in [2.75, 3.05) is 0 Å². The van der Waals surface area contributed by atoms with Crippen molar-refractivity contribution in [2.24, 2.45) is 11.8 Å². The smallest absolute Gasteiger partial charge is 0.417 e. The molecule has 0 saturated heterocycles. The van der Waals surface area contributed by atoms with Crippen LogP contribution in [-0.4, -0.2) is 16.9 Å². The Morgan fingerprint density at radius 2 is 1.89 bits per heavy atom. The van der Waals surface area contributed by atoms with E-state index in [1.807, 2.05) is 0 Å². The fourth-order valence-electron chi connectivity index (χ4n) is 3.71. The Balaban J connectivity index is 1.99. The number of unbranched alkanes of at least 4 members (excludes halogenated alkanes) is 3. The van der Waals surface area contributed by atoms with Gasteiger partial charge in [0.15, 0.2) is 0 Å². The van der Waals surface area contributed by atoms with Gasteiger partial charge in [-0.1, -0.05) is 37.5 Å². The number of Topliss-reactive ketones (excluding diaryl/α,β-unsaturated/α-hetero) is 1. The maximum absolute atomic E-state index is 13.9. The molecule has 1 aliphatic carbocycles. The van der Waals surface area contributed by atoms with Crippen molar-refractivity contribution in [1.29, 1.82) is 0 Å². The van der Waals surface area contributed by atoms with Gasteiger partial charge in [0.1, 0.15) is 11.6 Å². The average molecular weight is 400 g/mol. The zero-order valence-electron chi connectivity index (χ0n) is 15.5. The molecule has 2 atom stereocenters. The number of alkyl halides is 3. The van der Waals surface area contributed by atoms with E-state index in [0.29, 0.717) is 25.7 Å². The molecule has 1 fully saturated rings. The highest BCUT2D eigenvalue weighted by atomic mass is 19.4. The summed E-state index contributed by atoms with van der Waals surface area (Å²) in [6.45, 7) is 0. The number of benzene rings is 1. The van der Waals surface area contributed by atoms with Gasteiger partial charge in [-0.3, -0.25) is 9.59 Å². The molecule has 0 aromatic heterocycles. The van der Waals surface area contributed by atoms with Crippen LogP contribution in [0, 0.1) is 17.7 Å². The fourth-order valence-corrected chi connectivity index (χ4v) is 3.71. The van der Waals surface area contributed by atoms with Crippen molar-refractivity contribution < 1.29 is 32.3 Å². The van der Waals surface area contributed by atoms with Gasteiger partial charge in [0, 0.05) is 24.3 Å². The van der Waals surface area contributed by atoms with Gasteiger partial charge < -0.3 is 5.11 Å². The average Bonchev–Trinajstić information content (AvgIpc) is 2.95. The first-order valence-corrected chi connectivity index (χ1v) is 9.48. The van der Waals surface area contributed by atoms with Crippen molar-refractivity contribution in [3.63, 3.8) is 0 Å². The van der Waals surface area contributed by atoms with Crippen molar-refractivity contribution in [1.82, 2.24) is 0 Å². The van der Waals surface area contributed by atoms with Crippen LogP contribution in [0.5, 0.6) is 0 Å². The van der Waals surface area contributed by atoms with Crippen LogP contribution in [0.1, 0.15) is 62.5 Å². The Kier molecular flexibility index (Phi) is 7.78. The molecule has 0 amide bonds. The molecular weight excluding hydrogens is 376 g/mol. The number of carbonyl (C=O) groups is 2. The van der Waals surface area contributed by atoms with E-state index >= 15 is 0 Å². The molecule has 2 unspecified atom stereocenters. The summed E-state index contributed by atoms with van der Waals surface area (Å²) in [5.74, 6) is -2.15. The second-order valence-electron chi connectivity index (χ2n) is 7.18. The Hall–Kier alpha value is -2.18. The van der Waals surface area contributed by atoms with E-state index in [0.717, 1.165) is 43.5 Å². The summed E-state index contributed by atoms with van der Waals surface area (Å²) in [6.07, 6.45) is 2.62. The monoisotopic (exact) mass is 400 g/mol. The first-order valence-electron chi connectivity index (χ1n) is 9.48. The minimum Gasteiger partial charge on any atom is -0.481 e. The lowest BCUT2D eigenvalue weighted by Gasteiger charge is -2.16. The van der Waals surface area contributed by atoms with E-state index in [2.05, 4.69) is 0 Å². The first-order chi connectivity index (χ1) is 13.2. The van der Waals surface area contributed by atoms with Crippen LogP contribution < -0.4 is 0 Å². The molecular formula is C21H24F4O3. The number of hydrogen-bond donors (Lipinski definition) is 1. The van der Waals surface area contributed by atoms with Crippen LogP contribution in [-0.2, 0) is 15.8 Å². The van der Waals surface area contributed by atoms with Gasteiger partial charge in [-0.2, -0.15) is 13.2 Å². The molecule has 1 aliphatic rings. The molecule has 1 N–H and O–H groups in total. The number of rotatable bonds is 9. The molecule has 0 heterocycles. The quantitative estimate of drug-likeness (QED) is 0.416. The number of halogens is 4. The second-order valence-corrected chi connectivity index (χ2v) is 7.18. The first kappa shape index (κ1) is 22.1. The standard InChI is InChI=1S/C21H24F4O3/c22-18-8-5-7-17(21(23,24)25)16(18)12-10-14-11-13-19(26)15(14)6-3-1-2-4-9-20(27)28/h5,7-8,10,12,14-15H,1-4,6,9,11,13H2,(H,27,28)/b12-10+. The van der Waals surface area contributed by atoms with Gasteiger partial charge in [0.2, 0.25) is 0 Å². The highest BCUT2D eigenvalue weighted by Crippen LogP contribution is 2.37. The Labute approximate surface area is 161 Å². The zero-order valence-corrected chi connectivity index (χ0v) is 15.5. The molecule has 154 valence electrons. The zero-order chi connectivity index (χ0) is 20.7. The molecule has 0 aliphatic heterocycles. The lowest BCUT2D eigenvalue weighted by atomic mass is 9.89. The van der Waals surface area contributed by atoms with E-state index in [1.54, 1.807) is 0 Å². The summed E-state index contributed by atoms with van der Waals surface area (Å²) < 4.78 is 53.2. The molecule has 1 aromatic carbocycles. The maximum atomic E-state index is 13.9. The predicted molar refractivity (Wildman–Crippen MR) is 97.0 cm³/mol. The summed E-state index contributed by atoms with van der Waals surface area (Å²) in [5.41, 5.74) is -1.52. The largest absolute Gasteiger partial charge is 0.481 e. The summed E-state index contributed by atoms with van der Waals surface area (Å²) in [6, 6.07) is 2.86. The van der Waals surface area contributed by atoms with Crippen molar-refractivity contribution >= 4 is 17.8 Å². The van der Waals surface area contributed by atoms with Gasteiger partial charge in [0.25, 0.3) is 0 Å². The SMILES string of the molecule is O=C(O)CCCCCCC1C(=O)CCC1/C=C/c1c(F)cccc1C(F)(F)F. The van der Waals surface area contributed by atoms with Crippen LogP contribution in [0.25, 0.3) is 6.08 Å². The third-order valence-electron chi connectivity index (χ3n) is 5.18. The third-order valence-corrected chi connectivity index (χ3v) is 5.18. The van der Waals surface area contributed by atoms with Gasteiger partial charge in [-0.25, -0.2) is 4.39 Å². The molecule has 3 nitrogen and oxygen atoms in total. The van der Waals surface area contributed by atoms with E-state index in [1.165, 1.54) is 6.08 Å². The Bertz CT molecular complexity index is 725. The van der Waals surface area contributed by atoms with E-state index < -0.39 is 29.1 Å². The molecule has 0 bridgehead atoms. The minimum atomic E-state index is -4.65. The predicted octanol–water partition coefficient (Wildman–Crippen LogP) is 5.88. The lowest BCUT2D eigenvalue weighted by molar-refractivity contribution is -0.138. The number of allylic oxidation sites excluding steroid dienone is 1. The second kappa shape index (κ2) is 9.85. The van der Waals surface area contributed by atoms with Crippen LogP contribution in [0.4, 0.5) is 17.6 Å². The fraction of sp³-hybridized carbons (Fsp3) is 0.524. The third kappa shape index (κ3) is 6.17. The summed E-state index contributed by atoms with van der Waals surface area (Å²) >= 11 is 0. The lowest BCUT2D eigenvalue weighted by Crippen LogP contribution is -2.13. The van der Waals surface area contributed by atoms with Gasteiger partial charge in [0.05, 0.1) is 5.56 Å². The number of hydrogen-bond acceptors (Lipinski definition) is 2. The van der Waals surface area contributed by atoms with E-state index in [-0.39, 0.29) is 24.0 Å². The van der Waals surface area contributed by atoms with Crippen LogP contribution in [0.15, 0.2) is 24.3 Å². The number of aliphatic carboxylic acids is 1. The maximum Gasteiger partial charge on any atom is 0.417 e. The molecule has 1 aromatic rings. The van der Waals surface area contributed by atoms with E-state index in [9.17, 15) is 27.2 Å². The van der Waals surface area contributed by atoms with Crippen LogP contribution in [0.3, 0.4) is 0 Å². The summed E-state index contributed by atoms with van der Waals surface area (Å²) in [7, 11) is 0. The Morgan fingerprint density at radius 1 is 1.18 bits per heavy atom. The molecule has 2 rings (SSSR count). The molecule has 28 heavy (non-hydrogen) atoms. The molecule has 7 heteroatoms. The van der Waals surface area contributed by atoms with E-state index in [4.69, 9.17) is 5.11 Å². The molecule has 1 saturated carbocycles. The highest BCUT2D eigenvalue weighted by Gasteiger charge is 2.35. The van der Waals surface area contributed by atoms with Crippen LogP contribution in [0.2, 0.25) is 0 Å². The van der Waals surface area contributed by atoms with Gasteiger partial charge >= 0.3 is 12.1 Å². The number of carboxylic acids is 1. The van der Waals surface area contributed by atoms with Crippen LogP contribution >= 0.6 is 0 Å². The number of carbonyl (C=O) groups excluding carboxylic acids is 1. The van der Waals surface area contributed by atoms with Gasteiger partial charge in [-0.05, 0) is 37.3 Å². The minimum absolute atomic E-state index is 0.0877.